The van der Waals surface area contributed by atoms with E-state index in [2.05, 4.69) is 27.5 Å². The number of ether oxygens (including phenoxy) is 2. The SMILES string of the molecule is CCCNc1cncc(NCC2(OC)CCOC2)n1. The van der Waals surface area contributed by atoms with E-state index in [1.807, 2.05) is 0 Å². The molecule has 6 heteroatoms. The number of anilines is 2. The van der Waals surface area contributed by atoms with Crippen LogP contribution in [0, 0.1) is 0 Å². The maximum atomic E-state index is 5.56. The molecule has 0 aliphatic carbocycles. The van der Waals surface area contributed by atoms with E-state index in [4.69, 9.17) is 9.47 Å². The van der Waals surface area contributed by atoms with Crippen molar-refractivity contribution in [2.75, 3.05) is 44.0 Å². The van der Waals surface area contributed by atoms with Gasteiger partial charge in [0.1, 0.15) is 17.2 Å². The van der Waals surface area contributed by atoms with Crippen LogP contribution in [0.1, 0.15) is 19.8 Å². The van der Waals surface area contributed by atoms with Gasteiger partial charge in [-0.1, -0.05) is 6.92 Å². The zero-order valence-electron chi connectivity index (χ0n) is 11.6. The standard InChI is InChI=1S/C13H22N4O2/c1-3-5-15-11-7-14-8-12(17-11)16-9-13(18-2)4-6-19-10-13/h7-8H,3-6,9-10H2,1-2H3,(H2,15,16,17). The average molecular weight is 266 g/mol. The Kier molecular flexibility index (Phi) is 4.93. The summed E-state index contributed by atoms with van der Waals surface area (Å²) in [5, 5.41) is 6.49. The molecule has 2 rings (SSSR count). The summed E-state index contributed by atoms with van der Waals surface area (Å²) >= 11 is 0. The molecule has 0 radical (unpaired) electrons. The van der Waals surface area contributed by atoms with Gasteiger partial charge in [0.05, 0.1) is 19.0 Å². The smallest absolute Gasteiger partial charge is 0.147 e. The van der Waals surface area contributed by atoms with Crippen LogP contribution in [-0.2, 0) is 9.47 Å². The minimum Gasteiger partial charge on any atom is -0.378 e. The molecule has 2 N–H and O–H groups in total. The Labute approximate surface area is 113 Å². The molecule has 1 fully saturated rings. The molecular weight excluding hydrogens is 244 g/mol. The molecule has 0 aromatic carbocycles. The molecule has 0 saturated carbocycles. The molecule has 6 nitrogen and oxygen atoms in total. The predicted molar refractivity (Wildman–Crippen MR) is 74.5 cm³/mol. The molecule has 1 aromatic rings. The molecule has 1 aliphatic rings. The van der Waals surface area contributed by atoms with Gasteiger partial charge in [-0.15, -0.1) is 0 Å². The monoisotopic (exact) mass is 266 g/mol. The van der Waals surface area contributed by atoms with Crippen LogP contribution in [0.25, 0.3) is 0 Å². The van der Waals surface area contributed by atoms with E-state index in [0.717, 1.165) is 37.6 Å². The van der Waals surface area contributed by atoms with Crippen molar-refractivity contribution in [2.24, 2.45) is 0 Å². The van der Waals surface area contributed by atoms with Gasteiger partial charge in [-0.05, 0) is 6.42 Å². The Bertz CT molecular complexity index is 394. The van der Waals surface area contributed by atoms with Crippen LogP contribution < -0.4 is 10.6 Å². The first kappa shape index (κ1) is 14.0. The van der Waals surface area contributed by atoms with E-state index in [-0.39, 0.29) is 5.60 Å². The van der Waals surface area contributed by atoms with Crippen LogP contribution in [0.2, 0.25) is 0 Å². The van der Waals surface area contributed by atoms with E-state index < -0.39 is 0 Å². The second-order valence-electron chi connectivity index (χ2n) is 4.76. The topological polar surface area (TPSA) is 68.3 Å². The number of rotatable bonds is 7. The largest absolute Gasteiger partial charge is 0.378 e. The van der Waals surface area contributed by atoms with Crippen molar-refractivity contribution in [1.29, 1.82) is 0 Å². The molecule has 19 heavy (non-hydrogen) atoms. The molecular formula is C13H22N4O2. The fraction of sp³-hybridized carbons (Fsp3) is 0.692. The lowest BCUT2D eigenvalue weighted by molar-refractivity contribution is -0.00625. The molecule has 106 valence electrons. The maximum absolute atomic E-state index is 5.56. The number of hydrogen-bond acceptors (Lipinski definition) is 6. The number of nitrogens with one attached hydrogen (secondary N) is 2. The van der Waals surface area contributed by atoms with Crippen LogP contribution in [0.4, 0.5) is 11.6 Å². The maximum Gasteiger partial charge on any atom is 0.147 e. The van der Waals surface area contributed by atoms with E-state index in [9.17, 15) is 0 Å². The molecule has 1 aromatic heterocycles. The van der Waals surface area contributed by atoms with Gasteiger partial charge in [0.15, 0.2) is 0 Å². The summed E-state index contributed by atoms with van der Waals surface area (Å²) in [5.41, 5.74) is -0.242. The number of methoxy groups -OCH3 is 1. The van der Waals surface area contributed by atoms with Crippen molar-refractivity contribution < 1.29 is 9.47 Å². The normalized spacial score (nSPS) is 22.4. The minimum atomic E-state index is -0.242. The number of nitrogens with zero attached hydrogens (tertiary/aromatic N) is 2. The van der Waals surface area contributed by atoms with E-state index in [0.29, 0.717) is 13.2 Å². The van der Waals surface area contributed by atoms with Gasteiger partial charge >= 0.3 is 0 Å². The summed E-state index contributed by atoms with van der Waals surface area (Å²) in [6, 6.07) is 0. The van der Waals surface area contributed by atoms with Crippen molar-refractivity contribution in [3.63, 3.8) is 0 Å². The summed E-state index contributed by atoms with van der Waals surface area (Å²) in [7, 11) is 1.72. The van der Waals surface area contributed by atoms with Crippen molar-refractivity contribution in [3.8, 4) is 0 Å². The van der Waals surface area contributed by atoms with Gasteiger partial charge in [-0.3, -0.25) is 4.98 Å². The molecule has 2 heterocycles. The predicted octanol–water partition coefficient (Wildman–Crippen LogP) is 1.52. The number of aromatic nitrogens is 2. The highest BCUT2D eigenvalue weighted by molar-refractivity contribution is 5.41. The second-order valence-corrected chi connectivity index (χ2v) is 4.76. The first-order valence-corrected chi connectivity index (χ1v) is 6.71. The summed E-state index contributed by atoms with van der Waals surface area (Å²) in [5.74, 6) is 1.55. The lowest BCUT2D eigenvalue weighted by Gasteiger charge is -2.26. The van der Waals surface area contributed by atoms with Crippen LogP contribution in [0.5, 0.6) is 0 Å². The molecule has 0 spiro atoms. The van der Waals surface area contributed by atoms with Crippen LogP contribution in [0.3, 0.4) is 0 Å². The Morgan fingerprint density at radius 3 is 2.79 bits per heavy atom. The Morgan fingerprint density at radius 2 is 2.16 bits per heavy atom. The first-order chi connectivity index (χ1) is 9.28. The Morgan fingerprint density at radius 1 is 1.37 bits per heavy atom. The van der Waals surface area contributed by atoms with Gasteiger partial charge in [-0.25, -0.2) is 4.98 Å². The lowest BCUT2D eigenvalue weighted by atomic mass is 10.0. The van der Waals surface area contributed by atoms with Crippen molar-refractivity contribution in [3.05, 3.63) is 12.4 Å². The van der Waals surface area contributed by atoms with Gasteiger partial charge in [0, 0.05) is 33.2 Å². The molecule has 1 unspecified atom stereocenters. The molecule has 0 amide bonds. The Balaban J connectivity index is 1.91. The zero-order chi connectivity index (χ0) is 13.6. The van der Waals surface area contributed by atoms with E-state index in [1.165, 1.54) is 0 Å². The lowest BCUT2D eigenvalue weighted by Crippen LogP contribution is -2.39. The highest BCUT2D eigenvalue weighted by Crippen LogP contribution is 2.22. The Hall–Kier alpha value is -1.40. The van der Waals surface area contributed by atoms with Gasteiger partial charge in [0.25, 0.3) is 0 Å². The van der Waals surface area contributed by atoms with Gasteiger partial charge < -0.3 is 20.1 Å². The minimum absolute atomic E-state index is 0.242. The average Bonchev–Trinajstić information content (AvgIpc) is 2.93. The number of hydrogen-bond donors (Lipinski definition) is 2. The van der Waals surface area contributed by atoms with Gasteiger partial charge in [-0.2, -0.15) is 0 Å². The molecule has 0 bridgehead atoms. The van der Waals surface area contributed by atoms with Crippen LogP contribution in [0.15, 0.2) is 12.4 Å². The highest BCUT2D eigenvalue weighted by Gasteiger charge is 2.34. The van der Waals surface area contributed by atoms with Crippen molar-refractivity contribution in [2.45, 2.75) is 25.4 Å². The van der Waals surface area contributed by atoms with Gasteiger partial charge in [0.2, 0.25) is 0 Å². The fourth-order valence-corrected chi connectivity index (χ4v) is 2.00. The van der Waals surface area contributed by atoms with Crippen molar-refractivity contribution >= 4 is 11.6 Å². The van der Waals surface area contributed by atoms with Crippen LogP contribution in [-0.4, -0.2) is 49.0 Å². The summed E-state index contributed by atoms with van der Waals surface area (Å²) in [4.78, 5) is 8.63. The molecule has 1 aliphatic heterocycles. The van der Waals surface area contributed by atoms with E-state index in [1.54, 1.807) is 19.5 Å². The highest BCUT2D eigenvalue weighted by atomic mass is 16.5. The summed E-state index contributed by atoms with van der Waals surface area (Å²) in [6.07, 6.45) is 5.41. The van der Waals surface area contributed by atoms with E-state index >= 15 is 0 Å². The zero-order valence-corrected chi connectivity index (χ0v) is 11.6. The third-order valence-corrected chi connectivity index (χ3v) is 3.28. The molecule has 1 atom stereocenters. The van der Waals surface area contributed by atoms with Crippen LogP contribution >= 0.6 is 0 Å². The third kappa shape index (κ3) is 3.78. The summed E-state index contributed by atoms with van der Waals surface area (Å²) < 4.78 is 11.0. The second kappa shape index (κ2) is 6.68. The summed E-state index contributed by atoms with van der Waals surface area (Å²) in [6.45, 7) is 5.06. The quantitative estimate of drug-likeness (QED) is 0.780. The third-order valence-electron chi connectivity index (χ3n) is 3.28. The fourth-order valence-electron chi connectivity index (χ4n) is 2.00. The van der Waals surface area contributed by atoms with Crippen molar-refractivity contribution in [1.82, 2.24) is 9.97 Å². The molecule has 1 saturated heterocycles. The first-order valence-electron chi connectivity index (χ1n) is 6.71.